The van der Waals surface area contributed by atoms with Crippen LogP contribution < -0.4 is 0 Å². The summed E-state index contributed by atoms with van der Waals surface area (Å²) in [5.74, 6) is -1.04. The first-order chi connectivity index (χ1) is 20.1. The number of rotatable bonds is 32. The lowest BCUT2D eigenvalue weighted by Gasteiger charge is -2.04. The predicted molar refractivity (Wildman–Crippen MR) is 179 cm³/mol. The monoisotopic (exact) mass is 575 g/mol. The summed E-state index contributed by atoms with van der Waals surface area (Å²) in [6.07, 6.45) is 44.5. The van der Waals surface area contributed by atoms with Gasteiger partial charge in [-0.15, -0.1) is 0 Å². The largest absolute Gasteiger partial charge is 0.390 e. The van der Waals surface area contributed by atoms with Gasteiger partial charge in [0.2, 0.25) is 0 Å². The van der Waals surface area contributed by atoms with Crippen molar-refractivity contribution in [3.8, 4) is 0 Å². The van der Waals surface area contributed by atoms with Crippen LogP contribution in [0.4, 0.5) is 0 Å². The van der Waals surface area contributed by atoms with E-state index in [0.717, 1.165) is 25.7 Å². The zero-order chi connectivity index (χ0) is 30.1. The van der Waals surface area contributed by atoms with Gasteiger partial charge in [-0.3, -0.25) is 4.79 Å². The van der Waals surface area contributed by atoms with Gasteiger partial charge >= 0.3 is 11.9 Å². The van der Waals surface area contributed by atoms with Crippen molar-refractivity contribution in [3.05, 3.63) is 24.3 Å². The van der Waals surface area contributed by atoms with Gasteiger partial charge < -0.3 is 4.74 Å². The number of allylic oxidation sites excluding steroid dienone is 2. The maximum atomic E-state index is 11.5. The zero-order valence-corrected chi connectivity index (χ0v) is 27.8. The van der Waals surface area contributed by atoms with E-state index in [-0.39, 0.29) is 5.57 Å². The first-order valence-corrected chi connectivity index (χ1v) is 18.1. The van der Waals surface area contributed by atoms with Crippen LogP contribution in [0, 0.1) is 0 Å². The molecule has 240 valence electrons. The number of carbonyl (C=O) groups excluding carboxylic acids is 2. The molecule has 0 heterocycles. The summed E-state index contributed by atoms with van der Waals surface area (Å²) in [6.45, 7) is 7.33. The van der Waals surface area contributed by atoms with E-state index in [0.29, 0.717) is 6.42 Å². The Balaban J connectivity index is 3.17. The topological polar surface area (TPSA) is 43.4 Å². The number of esters is 2. The van der Waals surface area contributed by atoms with Crippen LogP contribution in [0.15, 0.2) is 24.3 Å². The smallest absolute Gasteiger partial charge is 0.340 e. The van der Waals surface area contributed by atoms with E-state index in [4.69, 9.17) is 4.74 Å². The molecule has 0 bridgehead atoms. The number of unbranched alkanes of at least 4 members (excludes halogenated alkanes) is 27. The van der Waals surface area contributed by atoms with Gasteiger partial charge in [0.05, 0.1) is 0 Å². The van der Waals surface area contributed by atoms with Crippen LogP contribution in [-0.4, -0.2) is 11.9 Å². The highest BCUT2D eigenvalue weighted by molar-refractivity contribution is 5.95. The van der Waals surface area contributed by atoms with Crippen molar-refractivity contribution >= 4 is 11.9 Å². The van der Waals surface area contributed by atoms with Gasteiger partial charge in [-0.25, -0.2) is 4.79 Å². The molecule has 0 spiro atoms. The van der Waals surface area contributed by atoms with Crippen LogP contribution in [0.2, 0.25) is 0 Å². The molecule has 3 nitrogen and oxygen atoms in total. The summed E-state index contributed by atoms with van der Waals surface area (Å²) in [7, 11) is 0. The molecule has 0 aromatic rings. The van der Waals surface area contributed by atoms with Gasteiger partial charge in [-0.2, -0.15) is 0 Å². The second-order valence-corrected chi connectivity index (χ2v) is 12.5. The molecule has 41 heavy (non-hydrogen) atoms. The maximum absolute atomic E-state index is 11.5. The molecule has 0 fully saturated rings. The Morgan fingerprint density at radius 3 is 1.10 bits per heavy atom. The fraction of sp³-hybridized carbons (Fsp3) is 0.842. The summed E-state index contributed by atoms with van der Waals surface area (Å²) in [5, 5.41) is 0. The lowest BCUT2D eigenvalue weighted by Crippen LogP contribution is -2.12. The first-order valence-electron chi connectivity index (χ1n) is 18.1. The molecule has 0 aliphatic carbocycles. The number of carbonyl (C=O) groups is 2. The SMILES string of the molecule is C=C(C)C(=O)OC(=O)CCCCCCC/C=C\CCCCCCCCCCCCCCCCCCCCCCCC. The van der Waals surface area contributed by atoms with Crippen LogP contribution in [-0.2, 0) is 14.3 Å². The molecular formula is C38H70O3. The number of hydrogen-bond acceptors (Lipinski definition) is 3. The quantitative estimate of drug-likeness (QED) is 0.0264. The highest BCUT2D eigenvalue weighted by Gasteiger charge is 2.10. The van der Waals surface area contributed by atoms with Gasteiger partial charge in [-0.05, 0) is 39.0 Å². The molecule has 0 amide bonds. The summed E-state index contributed by atoms with van der Waals surface area (Å²) >= 11 is 0. The molecule has 3 heteroatoms. The van der Waals surface area contributed by atoms with Gasteiger partial charge in [0, 0.05) is 12.0 Å². The number of hydrogen-bond donors (Lipinski definition) is 0. The highest BCUT2D eigenvalue weighted by Crippen LogP contribution is 2.16. The Morgan fingerprint density at radius 2 is 0.780 bits per heavy atom. The van der Waals surface area contributed by atoms with Crippen LogP contribution in [0.3, 0.4) is 0 Å². The average molecular weight is 575 g/mol. The molecule has 0 rings (SSSR count). The van der Waals surface area contributed by atoms with E-state index in [2.05, 4.69) is 25.7 Å². The Bertz CT molecular complexity index is 621. The third-order valence-electron chi connectivity index (χ3n) is 8.20. The van der Waals surface area contributed by atoms with Crippen molar-refractivity contribution in [1.82, 2.24) is 0 Å². The van der Waals surface area contributed by atoms with Crippen LogP contribution >= 0.6 is 0 Å². The summed E-state index contributed by atoms with van der Waals surface area (Å²) in [6, 6.07) is 0. The van der Waals surface area contributed by atoms with Crippen LogP contribution in [0.25, 0.3) is 0 Å². The minimum atomic E-state index is -0.609. The zero-order valence-electron chi connectivity index (χ0n) is 27.8. The van der Waals surface area contributed by atoms with E-state index < -0.39 is 11.9 Å². The molecule has 0 atom stereocenters. The highest BCUT2D eigenvalue weighted by atomic mass is 16.6. The molecule has 0 saturated heterocycles. The van der Waals surface area contributed by atoms with Gasteiger partial charge in [0.1, 0.15) is 0 Å². The lowest BCUT2D eigenvalue weighted by molar-refractivity contribution is -0.156. The number of ether oxygens (including phenoxy) is 1. The molecule has 0 unspecified atom stereocenters. The van der Waals surface area contributed by atoms with Crippen molar-refractivity contribution in [1.29, 1.82) is 0 Å². The fourth-order valence-electron chi connectivity index (χ4n) is 5.41. The normalized spacial score (nSPS) is 11.4. The third kappa shape index (κ3) is 33.0. The molecule has 0 radical (unpaired) electrons. The Morgan fingerprint density at radius 1 is 0.488 bits per heavy atom. The van der Waals surface area contributed by atoms with Gasteiger partial charge in [0.15, 0.2) is 0 Å². The molecular weight excluding hydrogens is 504 g/mol. The van der Waals surface area contributed by atoms with Crippen LogP contribution in [0.1, 0.15) is 206 Å². The van der Waals surface area contributed by atoms with Crippen molar-refractivity contribution in [2.75, 3.05) is 0 Å². The minimum absolute atomic E-state index is 0.266. The molecule has 0 saturated carbocycles. The van der Waals surface area contributed by atoms with E-state index in [1.807, 2.05) is 0 Å². The van der Waals surface area contributed by atoms with E-state index in [1.165, 1.54) is 161 Å². The fourth-order valence-corrected chi connectivity index (χ4v) is 5.41. The first kappa shape index (κ1) is 39.6. The second-order valence-electron chi connectivity index (χ2n) is 12.5. The Hall–Kier alpha value is -1.38. The standard InChI is InChI=1S/C38H70O3/c1-4-5-6-7-8-9-10-11-12-13-14-15-16-17-18-19-20-21-22-23-24-25-26-27-28-29-30-31-32-33-34-35-37(39)41-38(40)36(2)3/h27-28H,2,4-26,29-35H2,1,3H3/b28-27-. The third-order valence-corrected chi connectivity index (χ3v) is 8.20. The molecule has 0 N–H and O–H groups in total. The van der Waals surface area contributed by atoms with Gasteiger partial charge in [0.25, 0.3) is 0 Å². The van der Waals surface area contributed by atoms with E-state index in [1.54, 1.807) is 6.92 Å². The summed E-state index contributed by atoms with van der Waals surface area (Å²) < 4.78 is 4.69. The average Bonchev–Trinajstić information content (AvgIpc) is 2.95. The van der Waals surface area contributed by atoms with Gasteiger partial charge in [-0.1, -0.05) is 180 Å². The van der Waals surface area contributed by atoms with E-state index in [9.17, 15) is 9.59 Å². The second kappa shape index (κ2) is 33.1. The van der Waals surface area contributed by atoms with Crippen molar-refractivity contribution in [2.45, 2.75) is 206 Å². The lowest BCUT2D eigenvalue weighted by atomic mass is 10.0. The van der Waals surface area contributed by atoms with Crippen LogP contribution in [0.5, 0.6) is 0 Å². The Labute approximate surface area is 256 Å². The minimum Gasteiger partial charge on any atom is -0.390 e. The summed E-state index contributed by atoms with van der Waals surface area (Å²) in [5.41, 5.74) is 0.266. The molecule has 0 aromatic heterocycles. The van der Waals surface area contributed by atoms with Crippen molar-refractivity contribution in [3.63, 3.8) is 0 Å². The van der Waals surface area contributed by atoms with E-state index >= 15 is 0 Å². The molecule has 0 aliphatic rings. The maximum Gasteiger partial charge on any atom is 0.340 e. The molecule has 0 aromatic carbocycles. The van der Waals surface area contributed by atoms with Crippen molar-refractivity contribution in [2.24, 2.45) is 0 Å². The molecule has 0 aliphatic heterocycles. The summed E-state index contributed by atoms with van der Waals surface area (Å²) in [4.78, 5) is 22.8. The predicted octanol–water partition coefficient (Wildman–Crippen LogP) is 12.9. The Kier molecular flexibility index (Phi) is 32.0. The van der Waals surface area contributed by atoms with Crippen molar-refractivity contribution < 1.29 is 14.3 Å².